The van der Waals surface area contributed by atoms with Gasteiger partial charge in [0.25, 0.3) is 5.91 Å². The molecule has 3 rings (SSSR count). The largest absolute Gasteiger partial charge is 0.444 e. The lowest BCUT2D eigenvalue weighted by Gasteiger charge is -2.19. The highest BCUT2D eigenvalue weighted by molar-refractivity contribution is 6.16. The molecule has 8 heteroatoms. The Kier molecular flexibility index (Phi) is 5.12. The number of H-pyrrole nitrogens is 1. The minimum Gasteiger partial charge on any atom is -0.444 e. The number of rotatable bonds is 2. The number of hydrogen-bond acceptors (Lipinski definition) is 5. The molecule has 3 N–H and O–H groups in total. The molecular weight excluding hydrogens is 358 g/mol. The number of nitrogens with zero attached hydrogens (tertiary/aromatic N) is 2. The molecule has 0 atom stereocenters. The van der Waals surface area contributed by atoms with Crippen LogP contribution in [0.25, 0.3) is 10.9 Å². The van der Waals surface area contributed by atoms with E-state index in [9.17, 15) is 9.59 Å². The van der Waals surface area contributed by atoms with E-state index in [1.54, 1.807) is 39.1 Å². The second-order valence-electron chi connectivity index (χ2n) is 7.73. The molecule has 1 aromatic carbocycles. The molecule has 1 aliphatic heterocycles. The van der Waals surface area contributed by atoms with Crippen LogP contribution in [0.2, 0.25) is 0 Å². The highest BCUT2D eigenvalue weighted by Gasteiger charge is 2.22. The van der Waals surface area contributed by atoms with Gasteiger partial charge in [0.1, 0.15) is 5.60 Å². The number of aromatic amines is 1. The zero-order chi connectivity index (χ0) is 20.5. The molecule has 146 valence electrons. The van der Waals surface area contributed by atoms with E-state index in [2.05, 4.69) is 32.7 Å². The maximum atomic E-state index is 12.4. The normalized spacial score (nSPS) is 13.0. The van der Waals surface area contributed by atoms with Crippen molar-refractivity contribution in [3.63, 3.8) is 0 Å². The van der Waals surface area contributed by atoms with Crippen LogP contribution in [0.1, 0.15) is 42.4 Å². The zero-order valence-electron chi connectivity index (χ0n) is 16.6. The maximum Gasteiger partial charge on any atom is 0.412 e. The summed E-state index contributed by atoms with van der Waals surface area (Å²) in [5, 5.41) is 7.36. The molecule has 2 aromatic rings. The summed E-state index contributed by atoms with van der Waals surface area (Å²) in [5.41, 5.74) is 4.76. The van der Waals surface area contributed by atoms with Crippen molar-refractivity contribution in [3.05, 3.63) is 29.0 Å². The van der Waals surface area contributed by atoms with Gasteiger partial charge in [0.15, 0.2) is 0 Å². The average molecular weight is 381 g/mol. The van der Waals surface area contributed by atoms with Crippen molar-refractivity contribution in [2.45, 2.75) is 26.4 Å². The van der Waals surface area contributed by atoms with Gasteiger partial charge < -0.3 is 9.72 Å². The SMILES string of the molecule is CN(C)CC#Cc1[nH]c2cc(NC(=O)OC(C)(C)C)cc3c2c1C=NNC3=O. The van der Waals surface area contributed by atoms with Crippen LogP contribution in [-0.4, -0.2) is 54.3 Å². The van der Waals surface area contributed by atoms with Crippen LogP contribution in [0.5, 0.6) is 0 Å². The van der Waals surface area contributed by atoms with Gasteiger partial charge in [-0.25, -0.2) is 10.2 Å². The summed E-state index contributed by atoms with van der Waals surface area (Å²) < 4.78 is 5.28. The minimum absolute atomic E-state index is 0.361. The molecule has 0 bridgehead atoms. The summed E-state index contributed by atoms with van der Waals surface area (Å²) in [4.78, 5) is 29.7. The van der Waals surface area contributed by atoms with Gasteiger partial charge in [-0.2, -0.15) is 5.10 Å². The Bertz CT molecular complexity index is 1030. The van der Waals surface area contributed by atoms with Crippen molar-refractivity contribution in [2.24, 2.45) is 5.10 Å². The lowest BCUT2D eigenvalue weighted by Crippen LogP contribution is -2.27. The van der Waals surface area contributed by atoms with Crippen molar-refractivity contribution >= 4 is 34.8 Å². The standard InChI is InChI=1S/C20H23N5O3/c1-20(2,3)28-19(27)22-12-9-13-17-14(11-21-24-18(13)26)15(23-16(17)10-12)7-6-8-25(4)5/h9-11,23H,8H2,1-5H3,(H,22,27)(H,24,26). The molecule has 0 saturated heterocycles. The van der Waals surface area contributed by atoms with Crippen LogP contribution in [0.3, 0.4) is 0 Å². The van der Waals surface area contributed by atoms with E-state index < -0.39 is 11.7 Å². The van der Waals surface area contributed by atoms with Crippen molar-refractivity contribution in [1.29, 1.82) is 0 Å². The zero-order valence-corrected chi connectivity index (χ0v) is 16.6. The third kappa shape index (κ3) is 4.32. The Hall–Kier alpha value is -3.31. The van der Waals surface area contributed by atoms with Crippen molar-refractivity contribution in [1.82, 2.24) is 15.3 Å². The van der Waals surface area contributed by atoms with Crippen molar-refractivity contribution in [2.75, 3.05) is 26.0 Å². The number of amides is 2. The summed E-state index contributed by atoms with van der Waals surface area (Å²) in [6, 6.07) is 3.35. The van der Waals surface area contributed by atoms with Crippen LogP contribution in [0.15, 0.2) is 17.2 Å². The Labute approximate surface area is 163 Å². The predicted molar refractivity (Wildman–Crippen MR) is 109 cm³/mol. The van der Waals surface area contributed by atoms with Gasteiger partial charge >= 0.3 is 6.09 Å². The lowest BCUT2D eigenvalue weighted by molar-refractivity contribution is 0.0635. The first kappa shape index (κ1) is 19.5. The predicted octanol–water partition coefficient (Wildman–Crippen LogP) is 2.51. The van der Waals surface area contributed by atoms with E-state index in [1.807, 2.05) is 19.0 Å². The van der Waals surface area contributed by atoms with Crippen molar-refractivity contribution in [3.8, 4) is 11.8 Å². The number of carbonyl (C=O) groups is 2. The number of benzene rings is 1. The van der Waals surface area contributed by atoms with Crippen molar-refractivity contribution < 1.29 is 14.3 Å². The molecule has 0 radical (unpaired) electrons. The van der Waals surface area contributed by atoms with Gasteiger partial charge in [0, 0.05) is 22.2 Å². The molecule has 2 amide bonds. The second kappa shape index (κ2) is 7.37. The number of ether oxygens (including phenoxy) is 1. The minimum atomic E-state index is -0.625. The quantitative estimate of drug-likeness (QED) is 0.696. The van der Waals surface area contributed by atoms with Gasteiger partial charge in [0.2, 0.25) is 0 Å². The van der Waals surface area contributed by atoms with Crippen LogP contribution in [0.4, 0.5) is 10.5 Å². The Morgan fingerprint density at radius 2 is 2.07 bits per heavy atom. The molecule has 8 nitrogen and oxygen atoms in total. The van der Waals surface area contributed by atoms with E-state index in [1.165, 1.54) is 0 Å². The summed E-state index contributed by atoms with van der Waals surface area (Å²) >= 11 is 0. The summed E-state index contributed by atoms with van der Waals surface area (Å²) in [6.07, 6.45) is 0.982. The smallest absolute Gasteiger partial charge is 0.412 e. The fourth-order valence-electron chi connectivity index (χ4n) is 2.76. The van der Waals surface area contributed by atoms with E-state index in [0.29, 0.717) is 34.4 Å². The molecule has 1 aromatic heterocycles. The molecule has 2 heterocycles. The first-order chi connectivity index (χ1) is 13.1. The molecule has 0 fully saturated rings. The third-order valence-electron chi connectivity index (χ3n) is 3.80. The van der Waals surface area contributed by atoms with Gasteiger partial charge in [-0.3, -0.25) is 15.0 Å². The Balaban J connectivity index is 2.05. The summed E-state index contributed by atoms with van der Waals surface area (Å²) in [5.74, 6) is 5.80. The number of aromatic nitrogens is 1. The molecule has 0 aliphatic carbocycles. The second-order valence-corrected chi connectivity index (χ2v) is 7.73. The van der Waals surface area contributed by atoms with Crippen LogP contribution in [-0.2, 0) is 4.74 Å². The maximum absolute atomic E-state index is 12.4. The highest BCUT2D eigenvalue weighted by Crippen LogP contribution is 2.30. The fourth-order valence-corrected chi connectivity index (χ4v) is 2.76. The number of carbonyl (C=O) groups excluding carboxylic acids is 2. The van der Waals surface area contributed by atoms with Gasteiger partial charge in [-0.05, 0) is 52.9 Å². The molecule has 1 aliphatic rings. The monoisotopic (exact) mass is 381 g/mol. The van der Waals surface area contributed by atoms with Crippen LogP contribution < -0.4 is 10.7 Å². The van der Waals surface area contributed by atoms with E-state index >= 15 is 0 Å². The lowest BCUT2D eigenvalue weighted by atomic mass is 10.0. The number of hydrogen-bond donors (Lipinski definition) is 3. The van der Waals surface area contributed by atoms with Gasteiger partial charge in [-0.1, -0.05) is 5.92 Å². The molecule has 0 spiro atoms. The third-order valence-corrected chi connectivity index (χ3v) is 3.80. The molecular formula is C20H23N5O3. The Morgan fingerprint density at radius 1 is 1.32 bits per heavy atom. The fraction of sp³-hybridized carbons (Fsp3) is 0.350. The van der Waals surface area contributed by atoms with E-state index in [-0.39, 0.29) is 5.91 Å². The van der Waals surface area contributed by atoms with E-state index in [4.69, 9.17) is 4.74 Å². The first-order valence-electron chi connectivity index (χ1n) is 8.81. The molecule has 0 saturated carbocycles. The molecule has 28 heavy (non-hydrogen) atoms. The Morgan fingerprint density at radius 3 is 2.75 bits per heavy atom. The van der Waals surface area contributed by atoms with Crippen LogP contribution in [0, 0.1) is 11.8 Å². The summed E-state index contributed by atoms with van der Waals surface area (Å²) in [7, 11) is 3.87. The average Bonchev–Trinajstić information content (AvgIpc) is 2.79. The van der Waals surface area contributed by atoms with Crippen LogP contribution >= 0.6 is 0 Å². The molecule has 0 unspecified atom stereocenters. The van der Waals surface area contributed by atoms with E-state index in [0.717, 1.165) is 5.56 Å². The first-order valence-corrected chi connectivity index (χ1v) is 8.81. The highest BCUT2D eigenvalue weighted by atomic mass is 16.6. The van der Waals surface area contributed by atoms with Gasteiger partial charge in [0.05, 0.1) is 24.0 Å². The topological polar surface area (TPSA) is 98.8 Å². The number of anilines is 1. The number of hydrazone groups is 1. The number of nitrogens with one attached hydrogen (secondary N) is 3. The summed E-state index contributed by atoms with van der Waals surface area (Å²) in [6.45, 7) is 5.95. The van der Waals surface area contributed by atoms with Gasteiger partial charge in [-0.15, -0.1) is 0 Å².